The minimum Gasteiger partial charge on any atom is -0.507 e. The number of hydrogen-bond acceptors (Lipinski definition) is 7. The second-order valence-corrected chi connectivity index (χ2v) is 13.0. The van der Waals surface area contributed by atoms with Crippen LogP contribution in [0.15, 0.2) is 50.7 Å². The molecule has 1 aliphatic heterocycles. The van der Waals surface area contributed by atoms with Gasteiger partial charge in [-0.15, -0.1) is 0 Å². The molecular formula is C35H56O7. The fraction of sp³-hybridized carbons (Fsp3) is 0.686. The van der Waals surface area contributed by atoms with Gasteiger partial charge < -0.3 is 29.6 Å². The molecule has 1 fully saturated rings. The van der Waals surface area contributed by atoms with Gasteiger partial charge in [0.25, 0.3) is 0 Å². The summed E-state index contributed by atoms with van der Waals surface area (Å²) >= 11 is 0. The number of unbranched alkanes of at least 4 members (excludes halogenated alkanes) is 3. The average Bonchev–Trinajstić information content (AvgIpc) is 2.91. The summed E-state index contributed by atoms with van der Waals surface area (Å²) < 4.78 is 11.4. The SMILES string of the molecule is CCCCCCC(C)C/C(C)=C\C(C)/C=C(C)/C=C/C(O)C(C)(C)c1cc(O)c([C@@H]2O[C@H](CC)C[C@H](O)[C@H]2O)c(=O)o1. The van der Waals surface area contributed by atoms with Gasteiger partial charge >= 0.3 is 5.63 Å². The molecular weight excluding hydrogens is 532 g/mol. The number of aromatic hydroxyl groups is 1. The fourth-order valence-corrected chi connectivity index (χ4v) is 5.76. The molecule has 2 rings (SSSR count). The molecule has 238 valence electrons. The fourth-order valence-electron chi connectivity index (χ4n) is 5.76. The van der Waals surface area contributed by atoms with Gasteiger partial charge in [-0.2, -0.15) is 0 Å². The van der Waals surface area contributed by atoms with Crippen molar-refractivity contribution in [2.45, 2.75) is 143 Å². The van der Waals surface area contributed by atoms with E-state index in [4.69, 9.17) is 9.15 Å². The first-order chi connectivity index (χ1) is 19.7. The molecule has 7 nitrogen and oxygen atoms in total. The quantitative estimate of drug-likeness (QED) is 0.0986. The lowest BCUT2D eigenvalue weighted by Gasteiger charge is -2.37. The Hall–Kier alpha value is -2.19. The van der Waals surface area contributed by atoms with E-state index >= 15 is 0 Å². The topological polar surface area (TPSA) is 120 Å². The molecule has 4 N–H and O–H groups in total. The van der Waals surface area contributed by atoms with Gasteiger partial charge in [0.15, 0.2) is 0 Å². The Balaban J connectivity index is 2.10. The van der Waals surface area contributed by atoms with Crippen LogP contribution >= 0.6 is 0 Å². The highest BCUT2D eigenvalue weighted by atomic mass is 16.5. The average molecular weight is 589 g/mol. The minimum absolute atomic E-state index is 0.0983. The van der Waals surface area contributed by atoms with Crippen molar-refractivity contribution in [3.8, 4) is 5.75 Å². The second-order valence-electron chi connectivity index (χ2n) is 13.0. The summed E-state index contributed by atoms with van der Waals surface area (Å²) in [6.07, 6.45) is 11.3. The molecule has 1 aromatic heterocycles. The zero-order valence-electron chi connectivity index (χ0n) is 27.1. The number of aliphatic hydroxyl groups excluding tert-OH is 3. The van der Waals surface area contributed by atoms with E-state index in [0.717, 1.165) is 12.0 Å². The molecule has 0 aliphatic carbocycles. The summed E-state index contributed by atoms with van der Waals surface area (Å²) in [5.41, 5.74) is 0.250. The van der Waals surface area contributed by atoms with E-state index in [0.29, 0.717) is 12.3 Å². The summed E-state index contributed by atoms with van der Waals surface area (Å²) in [4.78, 5) is 13.0. The van der Waals surface area contributed by atoms with Crippen LogP contribution in [0.5, 0.6) is 5.75 Å². The van der Waals surface area contributed by atoms with E-state index in [9.17, 15) is 25.2 Å². The van der Waals surface area contributed by atoms with Crippen LogP contribution in [0, 0.1) is 11.8 Å². The summed E-state index contributed by atoms with van der Waals surface area (Å²) in [5, 5.41) is 42.5. The summed E-state index contributed by atoms with van der Waals surface area (Å²) in [6, 6.07) is 1.29. The maximum atomic E-state index is 13.0. The lowest BCUT2D eigenvalue weighted by Crippen LogP contribution is -2.44. The standard InChI is InChI=1S/C35H56O7/c1-9-11-12-13-14-22(3)17-24(5)19-25(6)18-23(4)15-16-29(38)35(7,8)30-21-27(36)31(34(40)42-30)33-32(39)28(37)20-26(10-2)41-33/h15-16,18-19,21-22,25-26,28-29,32-33,36-39H,9-14,17,20H2,1-8H3/b16-15+,23-18+,24-19-/t22?,25?,26-,28+,29?,32-,33+/m1/s1. The van der Waals surface area contributed by atoms with E-state index < -0.39 is 41.2 Å². The van der Waals surface area contributed by atoms with Crippen LogP contribution in [0.4, 0.5) is 0 Å². The largest absolute Gasteiger partial charge is 0.507 e. The van der Waals surface area contributed by atoms with Gasteiger partial charge in [0.2, 0.25) is 0 Å². The van der Waals surface area contributed by atoms with Crippen LogP contribution in [0.25, 0.3) is 0 Å². The third-order valence-electron chi connectivity index (χ3n) is 8.46. The summed E-state index contributed by atoms with van der Waals surface area (Å²) in [6.45, 7) is 16.2. The maximum absolute atomic E-state index is 13.0. The van der Waals surface area contributed by atoms with Crippen molar-refractivity contribution in [1.82, 2.24) is 0 Å². The van der Waals surface area contributed by atoms with Gasteiger partial charge in [-0.1, -0.05) is 95.2 Å². The van der Waals surface area contributed by atoms with Crippen molar-refractivity contribution in [3.05, 3.63) is 63.3 Å². The van der Waals surface area contributed by atoms with E-state index in [-0.39, 0.29) is 29.8 Å². The monoisotopic (exact) mass is 588 g/mol. The van der Waals surface area contributed by atoms with Gasteiger partial charge in [-0.05, 0) is 52.4 Å². The van der Waals surface area contributed by atoms with Gasteiger partial charge in [-0.3, -0.25) is 0 Å². The molecule has 1 aromatic rings. The Labute approximate surface area is 253 Å². The highest BCUT2D eigenvalue weighted by Crippen LogP contribution is 2.38. The molecule has 7 atom stereocenters. The van der Waals surface area contributed by atoms with Crippen LogP contribution < -0.4 is 5.63 Å². The molecule has 0 radical (unpaired) electrons. The molecule has 0 saturated carbocycles. The predicted molar refractivity (Wildman–Crippen MR) is 169 cm³/mol. The van der Waals surface area contributed by atoms with Crippen LogP contribution in [-0.2, 0) is 10.2 Å². The Morgan fingerprint density at radius 3 is 2.43 bits per heavy atom. The van der Waals surface area contributed by atoms with E-state index in [2.05, 4.69) is 39.8 Å². The lowest BCUT2D eigenvalue weighted by atomic mass is 9.82. The van der Waals surface area contributed by atoms with Crippen LogP contribution in [0.1, 0.15) is 124 Å². The summed E-state index contributed by atoms with van der Waals surface area (Å²) in [5.74, 6) is 0.626. The summed E-state index contributed by atoms with van der Waals surface area (Å²) in [7, 11) is 0. The molecule has 1 saturated heterocycles. The second kappa shape index (κ2) is 16.6. The van der Waals surface area contributed by atoms with Crippen molar-refractivity contribution < 1.29 is 29.6 Å². The minimum atomic E-state index is -1.37. The van der Waals surface area contributed by atoms with Gasteiger partial charge in [0.05, 0.1) is 23.7 Å². The smallest absolute Gasteiger partial charge is 0.345 e. The normalized spacial score (nSPS) is 24.6. The van der Waals surface area contributed by atoms with Crippen molar-refractivity contribution in [2.24, 2.45) is 11.8 Å². The zero-order valence-corrected chi connectivity index (χ0v) is 27.1. The Bertz CT molecular complexity index is 1130. The molecule has 7 heteroatoms. The van der Waals surface area contributed by atoms with Crippen LogP contribution in [0.2, 0.25) is 0 Å². The molecule has 0 spiro atoms. The Morgan fingerprint density at radius 1 is 1.12 bits per heavy atom. The number of aliphatic hydroxyl groups is 3. The Kier molecular flexibility index (Phi) is 14.2. The van der Waals surface area contributed by atoms with Crippen LogP contribution in [0.3, 0.4) is 0 Å². The number of ether oxygens (including phenoxy) is 1. The maximum Gasteiger partial charge on any atom is 0.345 e. The molecule has 3 unspecified atom stereocenters. The van der Waals surface area contributed by atoms with Crippen molar-refractivity contribution >= 4 is 0 Å². The van der Waals surface area contributed by atoms with Crippen LogP contribution in [-0.4, -0.2) is 44.8 Å². The molecule has 42 heavy (non-hydrogen) atoms. The van der Waals surface area contributed by atoms with Crippen molar-refractivity contribution in [1.29, 1.82) is 0 Å². The highest BCUT2D eigenvalue weighted by molar-refractivity contribution is 5.36. The third kappa shape index (κ3) is 10.2. The Morgan fingerprint density at radius 2 is 1.81 bits per heavy atom. The van der Waals surface area contributed by atoms with Gasteiger partial charge in [0.1, 0.15) is 29.3 Å². The highest BCUT2D eigenvalue weighted by Gasteiger charge is 2.41. The molecule has 0 amide bonds. The predicted octanol–water partition coefficient (Wildman–Crippen LogP) is 7.03. The van der Waals surface area contributed by atoms with E-state index in [1.807, 2.05) is 19.9 Å². The first kappa shape index (κ1) is 36.0. The molecule has 0 bridgehead atoms. The molecule has 1 aliphatic rings. The lowest BCUT2D eigenvalue weighted by molar-refractivity contribution is -0.172. The van der Waals surface area contributed by atoms with Crippen molar-refractivity contribution in [3.63, 3.8) is 0 Å². The zero-order chi connectivity index (χ0) is 31.6. The number of hydrogen-bond donors (Lipinski definition) is 4. The first-order valence-corrected chi connectivity index (χ1v) is 15.8. The first-order valence-electron chi connectivity index (χ1n) is 15.8. The van der Waals surface area contributed by atoms with E-state index in [1.54, 1.807) is 19.9 Å². The molecule has 0 aromatic carbocycles. The van der Waals surface area contributed by atoms with Gasteiger partial charge in [0, 0.05) is 12.5 Å². The molecule has 2 heterocycles. The number of allylic oxidation sites excluding steroid dienone is 5. The van der Waals surface area contributed by atoms with Gasteiger partial charge in [-0.25, -0.2) is 4.79 Å². The third-order valence-corrected chi connectivity index (χ3v) is 8.46. The number of rotatable bonds is 15. The van der Waals surface area contributed by atoms with Crippen molar-refractivity contribution in [2.75, 3.05) is 0 Å². The van der Waals surface area contributed by atoms with E-state index in [1.165, 1.54) is 43.7 Å².